The Morgan fingerprint density at radius 2 is 2.04 bits per heavy atom. The first kappa shape index (κ1) is 18.6. The maximum Gasteiger partial charge on any atom is 0.255 e. The summed E-state index contributed by atoms with van der Waals surface area (Å²) >= 11 is 0. The SMILES string of the molecule is NCCOc1ccc(F)cc1C(=O)NCCS(=O)(=O)N1CCCC1. The largest absolute Gasteiger partial charge is 0.491 e. The molecule has 1 aromatic carbocycles. The zero-order valence-corrected chi connectivity index (χ0v) is 14.1. The van der Waals surface area contributed by atoms with Gasteiger partial charge in [0.15, 0.2) is 0 Å². The lowest BCUT2D eigenvalue weighted by atomic mass is 10.2. The molecule has 1 saturated heterocycles. The number of benzene rings is 1. The van der Waals surface area contributed by atoms with Crippen LogP contribution in [0.15, 0.2) is 18.2 Å². The minimum Gasteiger partial charge on any atom is -0.491 e. The van der Waals surface area contributed by atoms with E-state index in [9.17, 15) is 17.6 Å². The molecular formula is C15H22FN3O4S. The molecular weight excluding hydrogens is 337 g/mol. The summed E-state index contributed by atoms with van der Waals surface area (Å²) in [5.74, 6) is -1.14. The van der Waals surface area contributed by atoms with E-state index in [0.29, 0.717) is 13.1 Å². The monoisotopic (exact) mass is 359 g/mol. The van der Waals surface area contributed by atoms with Crippen LogP contribution in [0.25, 0.3) is 0 Å². The van der Waals surface area contributed by atoms with Crippen molar-refractivity contribution in [3.05, 3.63) is 29.6 Å². The van der Waals surface area contributed by atoms with E-state index in [0.717, 1.165) is 18.9 Å². The number of nitrogens with one attached hydrogen (secondary N) is 1. The average molecular weight is 359 g/mol. The van der Waals surface area contributed by atoms with Crippen molar-refractivity contribution in [1.82, 2.24) is 9.62 Å². The molecule has 1 aliphatic heterocycles. The van der Waals surface area contributed by atoms with Crippen LogP contribution in [0.5, 0.6) is 5.75 Å². The van der Waals surface area contributed by atoms with Crippen molar-refractivity contribution in [1.29, 1.82) is 0 Å². The van der Waals surface area contributed by atoms with Gasteiger partial charge in [-0.1, -0.05) is 0 Å². The van der Waals surface area contributed by atoms with Crippen LogP contribution < -0.4 is 15.8 Å². The first-order chi connectivity index (χ1) is 11.4. The van der Waals surface area contributed by atoms with E-state index >= 15 is 0 Å². The molecule has 7 nitrogen and oxygen atoms in total. The molecule has 2 rings (SSSR count). The Bertz CT molecular complexity index is 675. The van der Waals surface area contributed by atoms with Crippen LogP contribution in [-0.4, -0.2) is 57.2 Å². The van der Waals surface area contributed by atoms with E-state index in [1.807, 2.05) is 0 Å². The van der Waals surface area contributed by atoms with Crippen molar-refractivity contribution in [2.45, 2.75) is 12.8 Å². The summed E-state index contributed by atoms with van der Waals surface area (Å²) in [6.07, 6.45) is 1.72. The van der Waals surface area contributed by atoms with Crippen molar-refractivity contribution in [2.24, 2.45) is 5.73 Å². The van der Waals surface area contributed by atoms with Gasteiger partial charge in [0.2, 0.25) is 10.0 Å². The number of ether oxygens (including phenoxy) is 1. The second kappa shape index (κ2) is 8.41. The van der Waals surface area contributed by atoms with Crippen molar-refractivity contribution in [3.8, 4) is 5.75 Å². The van der Waals surface area contributed by atoms with Gasteiger partial charge in [-0.2, -0.15) is 0 Å². The normalized spacial score (nSPS) is 15.4. The fourth-order valence-corrected chi connectivity index (χ4v) is 3.89. The third-order valence-corrected chi connectivity index (χ3v) is 5.54. The molecule has 0 unspecified atom stereocenters. The number of halogens is 1. The summed E-state index contributed by atoms with van der Waals surface area (Å²) in [7, 11) is -3.37. The summed E-state index contributed by atoms with van der Waals surface area (Å²) in [5, 5.41) is 2.50. The van der Waals surface area contributed by atoms with E-state index < -0.39 is 21.7 Å². The molecule has 0 aromatic heterocycles. The molecule has 1 fully saturated rings. The Morgan fingerprint density at radius 3 is 2.71 bits per heavy atom. The van der Waals surface area contributed by atoms with Crippen LogP contribution in [-0.2, 0) is 10.0 Å². The smallest absolute Gasteiger partial charge is 0.255 e. The second-order valence-corrected chi connectivity index (χ2v) is 7.54. The quantitative estimate of drug-likeness (QED) is 0.696. The van der Waals surface area contributed by atoms with Gasteiger partial charge >= 0.3 is 0 Å². The van der Waals surface area contributed by atoms with E-state index in [4.69, 9.17) is 10.5 Å². The van der Waals surface area contributed by atoms with Crippen LogP contribution in [0, 0.1) is 5.82 Å². The number of rotatable bonds is 8. The van der Waals surface area contributed by atoms with Gasteiger partial charge in [0.25, 0.3) is 5.91 Å². The lowest BCUT2D eigenvalue weighted by molar-refractivity contribution is 0.0951. The maximum atomic E-state index is 13.4. The van der Waals surface area contributed by atoms with E-state index in [2.05, 4.69) is 5.32 Å². The highest BCUT2D eigenvalue weighted by molar-refractivity contribution is 7.89. The minimum atomic E-state index is -3.37. The molecule has 134 valence electrons. The standard InChI is InChI=1S/C15H22FN3O4S/c16-12-3-4-14(23-9-5-17)13(11-12)15(20)18-6-10-24(21,22)19-7-1-2-8-19/h3-4,11H,1-2,5-10,17H2,(H,18,20). The summed E-state index contributed by atoms with van der Waals surface area (Å²) in [6.45, 7) is 1.45. The molecule has 9 heteroatoms. The van der Waals surface area contributed by atoms with Gasteiger partial charge in [-0.05, 0) is 31.0 Å². The van der Waals surface area contributed by atoms with Gasteiger partial charge in [0.1, 0.15) is 18.2 Å². The number of hydrogen-bond acceptors (Lipinski definition) is 5. The lowest BCUT2D eigenvalue weighted by Gasteiger charge is -2.16. The Hall–Kier alpha value is -1.71. The highest BCUT2D eigenvalue weighted by atomic mass is 32.2. The van der Waals surface area contributed by atoms with Gasteiger partial charge in [0.05, 0.1) is 11.3 Å². The first-order valence-corrected chi connectivity index (χ1v) is 9.43. The van der Waals surface area contributed by atoms with Gasteiger partial charge in [0, 0.05) is 26.2 Å². The molecule has 0 spiro atoms. The highest BCUT2D eigenvalue weighted by Gasteiger charge is 2.25. The number of nitrogens with two attached hydrogens (primary N) is 1. The van der Waals surface area contributed by atoms with Gasteiger partial charge in [-0.15, -0.1) is 0 Å². The third kappa shape index (κ3) is 4.89. The number of nitrogens with zero attached hydrogens (tertiary/aromatic N) is 1. The number of sulfonamides is 1. The molecule has 0 bridgehead atoms. The van der Waals surface area contributed by atoms with Gasteiger partial charge < -0.3 is 15.8 Å². The molecule has 0 saturated carbocycles. The summed E-state index contributed by atoms with van der Waals surface area (Å²) < 4.78 is 44.3. The zero-order valence-electron chi connectivity index (χ0n) is 13.3. The fourth-order valence-electron chi connectivity index (χ4n) is 2.46. The van der Waals surface area contributed by atoms with Crippen LogP contribution in [0.1, 0.15) is 23.2 Å². The topological polar surface area (TPSA) is 102 Å². The number of carbonyl (C=O) groups excluding carboxylic acids is 1. The fraction of sp³-hybridized carbons (Fsp3) is 0.533. The zero-order chi connectivity index (χ0) is 17.6. The van der Waals surface area contributed by atoms with E-state index in [-0.39, 0.29) is 36.8 Å². The first-order valence-electron chi connectivity index (χ1n) is 7.82. The van der Waals surface area contributed by atoms with Gasteiger partial charge in [-0.3, -0.25) is 4.79 Å². The third-order valence-electron chi connectivity index (χ3n) is 3.67. The Kier molecular flexibility index (Phi) is 6.52. The van der Waals surface area contributed by atoms with E-state index in [1.54, 1.807) is 0 Å². The molecule has 1 heterocycles. The van der Waals surface area contributed by atoms with Crippen LogP contribution >= 0.6 is 0 Å². The Labute approximate surface area is 141 Å². The summed E-state index contributed by atoms with van der Waals surface area (Å²) in [5.41, 5.74) is 5.37. The number of hydrogen-bond donors (Lipinski definition) is 2. The van der Waals surface area contributed by atoms with Crippen molar-refractivity contribution >= 4 is 15.9 Å². The Balaban J connectivity index is 1.95. The highest BCUT2D eigenvalue weighted by Crippen LogP contribution is 2.19. The Morgan fingerprint density at radius 1 is 1.33 bits per heavy atom. The molecule has 24 heavy (non-hydrogen) atoms. The van der Waals surface area contributed by atoms with Crippen LogP contribution in [0.3, 0.4) is 0 Å². The van der Waals surface area contributed by atoms with Crippen LogP contribution in [0.2, 0.25) is 0 Å². The summed E-state index contributed by atoms with van der Waals surface area (Å²) in [4.78, 5) is 12.2. The minimum absolute atomic E-state index is 0.0158. The van der Waals surface area contributed by atoms with Crippen LogP contribution in [0.4, 0.5) is 4.39 Å². The number of amides is 1. The second-order valence-electron chi connectivity index (χ2n) is 5.46. The van der Waals surface area contributed by atoms with Crippen molar-refractivity contribution in [3.63, 3.8) is 0 Å². The van der Waals surface area contributed by atoms with E-state index in [1.165, 1.54) is 16.4 Å². The molecule has 1 amide bonds. The average Bonchev–Trinajstić information content (AvgIpc) is 3.08. The summed E-state index contributed by atoms with van der Waals surface area (Å²) in [6, 6.07) is 3.58. The van der Waals surface area contributed by atoms with Crippen molar-refractivity contribution in [2.75, 3.05) is 38.5 Å². The van der Waals surface area contributed by atoms with Gasteiger partial charge in [-0.25, -0.2) is 17.1 Å². The van der Waals surface area contributed by atoms with Crippen molar-refractivity contribution < 1.29 is 22.3 Å². The number of carbonyl (C=O) groups is 1. The predicted octanol–water partition coefficient (Wildman–Crippen LogP) is 0.319. The molecule has 0 aliphatic carbocycles. The molecule has 1 aromatic rings. The molecule has 0 radical (unpaired) electrons. The molecule has 0 atom stereocenters. The predicted molar refractivity (Wildman–Crippen MR) is 87.9 cm³/mol. The maximum absolute atomic E-state index is 13.4. The molecule has 3 N–H and O–H groups in total. The lowest BCUT2D eigenvalue weighted by Crippen LogP contribution is -2.36. The molecule has 1 aliphatic rings.